The van der Waals surface area contributed by atoms with Crippen LogP contribution in [0.25, 0.3) is 0 Å². The summed E-state index contributed by atoms with van der Waals surface area (Å²) in [5, 5.41) is 6.40. The van der Waals surface area contributed by atoms with Crippen molar-refractivity contribution in [2.75, 3.05) is 11.9 Å². The van der Waals surface area contributed by atoms with Gasteiger partial charge >= 0.3 is 0 Å². The predicted octanol–water partition coefficient (Wildman–Crippen LogP) is 2.43. The standard InChI is InChI=1S/C14H21ClN4O/c1-8-11(15)18-13(14(2,3)4)19-12(8)16-7-10(20)17-9-5-6-9/h9H,5-7H2,1-4H3,(H,17,20)(H,16,18,19). The van der Waals surface area contributed by atoms with Gasteiger partial charge in [0.2, 0.25) is 5.91 Å². The van der Waals surface area contributed by atoms with Crippen LogP contribution < -0.4 is 10.6 Å². The zero-order valence-corrected chi connectivity index (χ0v) is 13.1. The van der Waals surface area contributed by atoms with Crippen molar-refractivity contribution in [3.8, 4) is 0 Å². The van der Waals surface area contributed by atoms with Crippen LogP contribution in [0.4, 0.5) is 5.82 Å². The fraction of sp³-hybridized carbons (Fsp3) is 0.643. The zero-order valence-electron chi connectivity index (χ0n) is 12.4. The topological polar surface area (TPSA) is 66.9 Å². The lowest BCUT2D eigenvalue weighted by Gasteiger charge is -2.19. The Morgan fingerprint density at radius 1 is 1.35 bits per heavy atom. The number of anilines is 1. The Bertz CT molecular complexity index is 521. The maximum absolute atomic E-state index is 11.7. The van der Waals surface area contributed by atoms with E-state index >= 15 is 0 Å². The molecule has 1 heterocycles. The molecule has 0 aromatic carbocycles. The second-order valence-electron chi connectivity index (χ2n) is 6.26. The molecule has 5 nitrogen and oxygen atoms in total. The SMILES string of the molecule is Cc1c(Cl)nc(C(C)(C)C)nc1NCC(=O)NC1CC1. The maximum Gasteiger partial charge on any atom is 0.239 e. The fourth-order valence-corrected chi connectivity index (χ4v) is 1.84. The molecule has 0 spiro atoms. The first kappa shape index (κ1) is 15.0. The Kier molecular flexibility index (Phi) is 4.18. The van der Waals surface area contributed by atoms with Crippen LogP contribution in [-0.4, -0.2) is 28.5 Å². The van der Waals surface area contributed by atoms with Crippen molar-refractivity contribution in [2.24, 2.45) is 0 Å². The molecule has 1 fully saturated rings. The Labute approximate surface area is 124 Å². The monoisotopic (exact) mass is 296 g/mol. The van der Waals surface area contributed by atoms with Gasteiger partial charge in [0.25, 0.3) is 0 Å². The average Bonchev–Trinajstić information content (AvgIpc) is 3.13. The highest BCUT2D eigenvalue weighted by atomic mass is 35.5. The third-order valence-electron chi connectivity index (χ3n) is 3.12. The number of nitrogens with zero attached hydrogens (tertiary/aromatic N) is 2. The van der Waals surface area contributed by atoms with Gasteiger partial charge in [-0.2, -0.15) is 0 Å². The minimum Gasteiger partial charge on any atom is -0.361 e. The van der Waals surface area contributed by atoms with Gasteiger partial charge in [-0.25, -0.2) is 9.97 Å². The van der Waals surface area contributed by atoms with Gasteiger partial charge in [-0.15, -0.1) is 0 Å². The van der Waals surface area contributed by atoms with E-state index in [9.17, 15) is 4.79 Å². The Hall–Kier alpha value is -1.36. The first-order chi connectivity index (χ1) is 9.27. The van der Waals surface area contributed by atoms with Crippen molar-refractivity contribution < 1.29 is 4.79 Å². The summed E-state index contributed by atoms with van der Waals surface area (Å²) in [4.78, 5) is 20.5. The summed E-state index contributed by atoms with van der Waals surface area (Å²) in [7, 11) is 0. The summed E-state index contributed by atoms with van der Waals surface area (Å²) >= 11 is 6.14. The van der Waals surface area contributed by atoms with Crippen molar-refractivity contribution in [2.45, 2.75) is 52.0 Å². The lowest BCUT2D eigenvalue weighted by Crippen LogP contribution is -2.32. The summed E-state index contributed by atoms with van der Waals surface area (Å²) in [6.07, 6.45) is 2.16. The minimum absolute atomic E-state index is 0.0149. The van der Waals surface area contributed by atoms with Gasteiger partial charge in [0.1, 0.15) is 16.8 Å². The molecule has 1 saturated carbocycles. The van der Waals surface area contributed by atoms with Gasteiger partial charge in [0.15, 0.2) is 0 Å². The van der Waals surface area contributed by atoms with E-state index in [1.165, 1.54) is 0 Å². The summed E-state index contributed by atoms with van der Waals surface area (Å²) in [6, 6.07) is 0.365. The molecule has 1 amide bonds. The zero-order chi connectivity index (χ0) is 14.9. The number of carbonyl (C=O) groups excluding carboxylic acids is 1. The van der Waals surface area contributed by atoms with Gasteiger partial charge in [0, 0.05) is 17.0 Å². The molecule has 1 aliphatic rings. The number of hydrogen-bond donors (Lipinski definition) is 2. The molecule has 0 saturated heterocycles. The van der Waals surface area contributed by atoms with Crippen LogP contribution in [0.15, 0.2) is 0 Å². The van der Waals surface area contributed by atoms with Gasteiger partial charge in [-0.3, -0.25) is 4.79 Å². The lowest BCUT2D eigenvalue weighted by atomic mass is 9.95. The minimum atomic E-state index is -0.190. The first-order valence-electron chi connectivity index (χ1n) is 6.85. The van der Waals surface area contributed by atoms with E-state index in [0.717, 1.165) is 18.4 Å². The molecule has 110 valence electrons. The quantitative estimate of drug-likeness (QED) is 0.838. The Morgan fingerprint density at radius 3 is 2.55 bits per heavy atom. The smallest absolute Gasteiger partial charge is 0.239 e. The normalized spacial score (nSPS) is 15.1. The van der Waals surface area contributed by atoms with Crippen LogP contribution in [0.1, 0.15) is 45.0 Å². The molecule has 0 unspecified atom stereocenters. The Balaban J connectivity index is 2.09. The van der Waals surface area contributed by atoms with Crippen LogP contribution in [-0.2, 0) is 10.2 Å². The number of halogens is 1. The number of rotatable bonds is 4. The van der Waals surface area contributed by atoms with Gasteiger partial charge in [-0.05, 0) is 19.8 Å². The fourth-order valence-electron chi connectivity index (χ4n) is 1.67. The van der Waals surface area contributed by atoms with Crippen molar-refractivity contribution in [3.63, 3.8) is 0 Å². The van der Waals surface area contributed by atoms with E-state index in [-0.39, 0.29) is 17.9 Å². The lowest BCUT2D eigenvalue weighted by molar-refractivity contribution is -0.119. The number of carbonyl (C=O) groups is 1. The van der Waals surface area contributed by atoms with E-state index < -0.39 is 0 Å². The number of amides is 1. The summed E-state index contributed by atoms with van der Waals surface area (Å²) in [5.41, 5.74) is 0.572. The molecule has 2 rings (SSSR count). The molecule has 20 heavy (non-hydrogen) atoms. The molecule has 0 aliphatic heterocycles. The molecule has 2 N–H and O–H groups in total. The van der Waals surface area contributed by atoms with Crippen LogP contribution in [0.3, 0.4) is 0 Å². The molecule has 1 aromatic rings. The van der Waals surface area contributed by atoms with Gasteiger partial charge in [0.05, 0.1) is 6.54 Å². The van der Waals surface area contributed by atoms with Crippen molar-refractivity contribution in [1.82, 2.24) is 15.3 Å². The van der Waals surface area contributed by atoms with E-state index in [4.69, 9.17) is 11.6 Å². The van der Waals surface area contributed by atoms with E-state index in [0.29, 0.717) is 22.8 Å². The van der Waals surface area contributed by atoms with Crippen LogP contribution in [0.2, 0.25) is 5.15 Å². The van der Waals surface area contributed by atoms with Crippen molar-refractivity contribution >= 4 is 23.3 Å². The molecule has 0 atom stereocenters. The average molecular weight is 297 g/mol. The third kappa shape index (κ3) is 3.82. The molecule has 0 bridgehead atoms. The van der Waals surface area contributed by atoms with E-state index in [1.807, 2.05) is 27.7 Å². The van der Waals surface area contributed by atoms with Crippen LogP contribution in [0.5, 0.6) is 0 Å². The maximum atomic E-state index is 11.7. The number of nitrogens with one attached hydrogen (secondary N) is 2. The van der Waals surface area contributed by atoms with Crippen molar-refractivity contribution in [3.05, 3.63) is 16.5 Å². The largest absolute Gasteiger partial charge is 0.361 e. The van der Waals surface area contributed by atoms with Crippen molar-refractivity contribution in [1.29, 1.82) is 0 Å². The summed E-state index contributed by atoms with van der Waals surface area (Å²) < 4.78 is 0. The highest BCUT2D eigenvalue weighted by Gasteiger charge is 2.24. The molecule has 1 aliphatic carbocycles. The first-order valence-corrected chi connectivity index (χ1v) is 7.23. The third-order valence-corrected chi connectivity index (χ3v) is 3.48. The summed E-state index contributed by atoms with van der Waals surface area (Å²) in [6.45, 7) is 8.12. The van der Waals surface area contributed by atoms with E-state index in [2.05, 4.69) is 20.6 Å². The van der Waals surface area contributed by atoms with E-state index in [1.54, 1.807) is 0 Å². The summed E-state index contributed by atoms with van der Waals surface area (Å²) in [5.74, 6) is 1.28. The van der Waals surface area contributed by atoms with Gasteiger partial charge < -0.3 is 10.6 Å². The molecule has 6 heteroatoms. The second-order valence-corrected chi connectivity index (χ2v) is 6.61. The van der Waals surface area contributed by atoms with Crippen LogP contribution in [0, 0.1) is 6.92 Å². The highest BCUT2D eigenvalue weighted by Crippen LogP contribution is 2.26. The second kappa shape index (κ2) is 5.56. The number of aromatic nitrogens is 2. The van der Waals surface area contributed by atoms with Crippen LogP contribution >= 0.6 is 11.6 Å². The van der Waals surface area contributed by atoms with Gasteiger partial charge in [-0.1, -0.05) is 32.4 Å². The Morgan fingerprint density at radius 2 is 2.00 bits per heavy atom. The molecule has 0 radical (unpaired) electrons. The predicted molar refractivity (Wildman–Crippen MR) is 80.1 cm³/mol. The number of hydrogen-bond acceptors (Lipinski definition) is 4. The highest BCUT2D eigenvalue weighted by molar-refractivity contribution is 6.30. The molecule has 1 aromatic heterocycles. The molecular formula is C14H21ClN4O. The molecular weight excluding hydrogens is 276 g/mol.